The SMILES string of the molecule is COCc1cccc(CNCC2CCOCC2)c1. The van der Waals surface area contributed by atoms with E-state index in [-0.39, 0.29) is 0 Å². The monoisotopic (exact) mass is 249 g/mol. The van der Waals surface area contributed by atoms with E-state index in [0.29, 0.717) is 6.61 Å². The third-order valence-electron chi connectivity index (χ3n) is 3.41. The Morgan fingerprint density at radius 2 is 2.06 bits per heavy atom. The highest BCUT2D eigenvalue weighted by Gasteiger charge is 2.12. The van der Waals surface area contributed by atoms with Gasteiger partial charge in [0.1, 0.15) is 0 Å². The van der Waals surface area contributed by atoms with Crippen molar-refractivity contribution >= 4 is 0 Å². The molecule has 0 aliphatic carbocycles. The minimum absolute atomic E-state index is 0.688. The van der Waals surface area contributed by atoms with Gasteiger partial charge in [0.05, 0.1) is 6.61 Å². The maximum absolute atomic E-state index is 5.37. The van der Waals surface area contributed by atoms with Crippen molar-refractivity contribution in [1.29, 1.82) is 0 Å². The van der Waals surface area contributed by atoms with Crippen LogP contribution in [0.2, 0.25) is 0 Å². The molecule has 0 saturated carbocycles. The Morgan fingerprint density at radius 1 is 1.28 bits per heavy atom. The molecule has 18 heavy (non-hydrogen) atoms. The molecule has 1 fully saturated rings. The standard InChI is InChI=1S/C15H23NO2/c1-17-12-15-4-2-3-14(9-15)11-16-10-13-5-7-18-8-6-13/h2-4,9,13,16H,5-8,10-12H2,1H3. The molecule has 0 amide bonds. The van der Waals surface area contributed by atoms with Crippen molar-refractivity contribution in [2.75, 3.05) is 26.9 Å². The van der Waals surface area contributed by atoms with Gasteiger partial charge in [0.2, 0.25) is 0 Å². The topological polar surface area (TPSA) is 30.5 Å². The first-order valence-corrected chi connectivity index (χ1v) is 6.73. The molecular formula is C15H23NO2. The van der Waals surface area contributed by atoms with Gasteiger partial charge in [-0.15, -0.1) is 0 Å². The molecule has 0 unspecified atom stereocenters. The first kappa shape index (κ1) is 13.5. The number of nitrogens with one attached hydrogen (secondary N) is 1. The van der Waals surface area contributed by atoms with Gasteiger partial charge in [-0.25, -0.2) is 0 Å². The lowest BCUT2D eigenvalue weighted by molar-refractivity contribution is 0.0662. The van der Waals surface area contributed by atoms with E-state index in [0.717, 1.165) is 32.2 Å². The highest BCUT2D eigenvalue weighted by Crippen LogP contribution is 2.13. The largest absolute Gasteiger partial charge is 0.381 e. The summed E-state index contributed by atoms with van der Waals surface area (Å²) in [6.45, 7) is 4.58. The fourth-order valence-electron chi connectivity index (χ4n) is 2.37. The van der Waals surface area contributed by atoms with Crippen molar-refractivity contribution in [3.8, 4) is 0 Å². The Bertz CT molecular complexity index is 348. The molecule has 1 N–H and O–H groups in total. The molecule has 2 rings (SSSR count). The molecule has 1 heterocycles. The zero-order chi connectivity index (χ0) is 12.6. The number of methoxy groups -OCH3 is 1. The summed E-state index contributed by atoms with van der Waals surface area (Å²) in [5.41, 5.74) is 2.57. The lowest BCUT2D eigenvalue weighted by Gasteiger charge is -2.22. The lowest BCUT2D eigenvalue weighted by Crippen LogP contribution is -2.27. The van der Waals surface area contributed by atoms with Gasteiger partial charge in [-0.05, 0) is 36.4 Å². The molecule has 1 aromatic carbocycles. The molecule has 0 aromatic heterocycles. The number of hydrogen-bond acceptors (Lipinski definition) is 3. The van der Waals surface area contributed by atoms with Crippen LogP contribution in [0.4, 0.5) is 0 Å². The molecule has 0 spiro atoms. The Kier molecular flexibility index (Phi) is 5.65. The Hall–Kier alpha value is -0.900. The Morgan fingerprint density at radius 3 is 2.83 bits per heavy atom. The highest BCUT2D eigenvalue weighted by atomic mass is 16.5. The first-order valence-electron chi connectivity index (χ1n) is 6.73. The predicted octanol–water partition coefficient (Wildman–Crippen LogP) is 2.35. The van der Waals surface area contributed by atoms with Gasteiger partial charge >= 0.3 is 0 Å². The predicted molar refractivity (Wildman–Crippen MR) is 72.4 cm³/mol. The minimum atomic E-state index is 0.688. The van der Waals surface area contributed by atoms with E-state index in [4.69, 9.17) is 9.47 Å². The molecule has 100 valence electrons. The summed E-state index contributed by atoms with van der Waals surface area (Å²) < 4.78 is 10.5. The maximum Gasteiger partial charge on any atom is 0.0713 e. The van der Waals surface area contributed by atoms with Crippen LogP contribution in [-0.4, -0.2) is 26.9 Å². The van der Waals surface area contributed by atoms with Gasteiger partial charge in [0.15, 0.2) is 0 Å². The van der Waals surface area contributed by atoms with Crippen molar-refractivity contribution < 1.29 is 9.47 Å². The van der Waals surface area contributed by atoms with E-state index in [9.17, 15) is 0 Å². The van der Waals surface area contributed by atoms with Crippen LogP contribution in [0, 0.1) is 5.92 Å². The van der Waals surface area contributed by atoms with Crippen LogP contribution in [0.15, 0.2) is 24.3 Å². The quantitative estimate of drug-likeness (QED) is 0.839. The van der Waals surface area contributed by atoms with Crippen LogP contribution in [0.3, 0.4) is 0 Å². The van der Waals surface area contributed by atoms with Gasteiger partial charge in [-0.3, -0.25) is 0 Å². The summed E-state index contributed by atoms with van der Waals surface area (Å²) in [5, 5.41) is 3.54. The summed E-state index contributed by atoms with van der Waals surface area (Å²) in [6.07, 6.45) is 2.38. The van der Waals surface area contributed by atoms with E-state index in [1.165, 1.54) is 24.0 Å². The van der Waals surface area contributed by atoms with E-state index >= 15 is 0 Å². The summed E-state index contributed by atoms with van der Waals surface area (Å²) in [6, 6.07) is 8.57. The number of benzene rings is 1. The fraction of sp³-hybridized carbons (Fsp3) is 0.600. The van der Waals surface area contributed by atoms with Crippen LogP contribution < -0.4 is 5.32 Å². The molecule has 3 nitrogen and oxygen atoms in total. The van der Waals surface area contributed by atoms with Crippen LogP contribution in [0.25, 0.3) is 0 Å². The fourth-order valence-corrected chi connectivity index (χ4v) is 2.37. The average Bonchev–Trinajstić information content (AvgIpc) is 2.41. The second kappa shape index (κ2) is 7.52. The van der Waals surface area contributed by atoms with Gasteiger partial charge < -0.3 is 14.8 Å². The molecule has 3 heteroatoms. The number of hydrogen-bond donors (Lipinski definition) is 1. The van der Waals surface area contributed by atoms with Crippen LogP contribution in [0.1, 0.15) is 24.0 Å². The smallest absolute Gasteiger partial charge is 0.0713 e. The van der Waals surface area contributed by atoms with Crippen LogP contribution in [-0.2, 0) is 22.6 Å². The summed E-state index contributed by atoms with van der Waals surface area (Å²) in [7, 11) is 1.73. The Labute approximate surface area is 109 Å². The van der Waals surface area contributed by atoms with E-state index in [1.807, 2.05) is 0 Å². The average molecular weight is 249 g/mol. The van der Waals surface area contributed by atoms with Crippen molar-refractivity contribution in [1.82, 2.24) is 5.32 Å². The molecule has 0 radical (unpaired) electrons. The third kappa shape index (κ3) is 4.41. The summed E-state index contributed by atoms with van der Waals surface area (Å²) in [4.78, 5) is 0. The second-order valence-corrected chi connectivity index (χ2v) is 4.94. The van der Waals surface area contributed by atoms with E-state index in [2.05, 4.69) is 29.6 Å². The van der Waals surface area contributed by atoms with Crippen molar-refractivity contribution in [3.05, 3.63) is 35.4 Å². The van der Waals surface area contributed by atoms with Crippen molar-refractivity contribution in [3.63, 3.8) is 0 Å². The molecule has 1 aliphatic rings. The van der Waals surface area contributed by atoms with Gasteiger partial charge in [0, 0.05) is 26.9 Å². The normalized spacial score (nSPS) is 16.9. The van der Waals surface area contributed by atoms with Crippen LogP contribution >= 0.6 is 0 Å². The zero-order valence-electron chi connectivity index (χ0n) is 11.2. The highest BCUT2D eigenvalue weighted by molar-refractivity contribution is 5.22. The van der Waals surface area contributed by atoms with Crippen molar-refractivity contribution in [2.24, 2.45) is 5.92 Å². The molecular weight excluding hydrogens is 226 g/mol. The molecule has 1 saturated heterocycles. The molecule has 0 atom stereocenters. The number of ether oxygens (including phenoxy) is 2. The molecule has 1 aromatic rings. The first-order chi connectivity index (χ1) is 8.88. The van der Waals surface area contributed by atoms with Crippen molar-refractivity contribution in [2.45, 2.75) is 26.0 Å². The maximum atomic E-state index is 5.37. The lowest BCUT2D eigenvalue weighted by atomic mass is 10.0. The van der Waals surface area contributed by atoms with E-state index in [1.54, 1.807) is 7.11 Å². The summed E-state index contributed by atoms with van der Waals surface area (Å²) >= 11 is 0. The Balaban J connectivity index is 1.73. The number of rotatable bonds is 6. The molecule has 0 bridgehead atoms. The summed E-state index contributed by atoms with van der Waals surface area (Å²) in [5.74, 6) is 0.779. The van der Waals surface area contributed by atoms with E-state index < -0.39 is 0 Å². The zero-order valence-corrected chi connectivity index (χ0v) is 11.2. The van der Waals surface area contributed by atoms with Gasteiger partial charge in [0.25, 0.3) is 0 Å². The molecule has 1 aliphatic heterocycles. The third-order valence-corrected chi connectivity index (χ3v) is 3.41. The van der Waals surface area contributed by atoms with Gasteiger partial charge in [-0.1, -0.05) is 24.3 Å². The minimum Gasteiger partial charge on any atom is -0.381 e. The van der Waals surface area contributed by atoms with Crippen LogP contribution in [0.5, 0.6) is 0 Å². The van der Waals surface area contributed by atoms with Gasteiger partial charge in [-0.2, -0.15) is 0 Å². The second-order valence-electron chi connectivity index (χ2n) is 4.94.